The summed E-state index contributed by atoms with van der Waals surface area (Å²) in [6.45, 7) is 2.60. The van der Waals surface area contributed by atoms with E-state index < -0.39 is 0 Å². The molecule has 2 aromatic carbocycles. The number of rotatable bonds is 4. The molecule has 0 fully saturated rings. The van der Waals surface area contributed by atoms with Crippen LogP contribution in [0.2, 0.25) is 0 Å². The van der Waals surface area contributed by atoms with Gasteiger partial charge in [-0.1, -0.05) is 18.2 Å². The predicted octanol–water partition coefficient (Wildman–Crippen LogP) is 4.18. The lowest BCUT2D eigenvalue weighted by molar-refractivity contribution is 0.394. The maximum atomic E-state index is 10.5. The van der Waals surface area contributed by atoms with Crippen molar-refractivity contribution >= 4 is 27.5 Å². The van der Waals surface area contributed by atoms with Crippen LogP contribution in [0.3, 0.4) is 0 Å². The summed E-state index contributed by atoms with van der Waals surface area (Å²) in [7, 11) is 3.25. The third-order valence-electron chi connectivity index (χ3n) is 4.86. The molecule has 0 spiro atoms. The third-order valence-corrected chi connectivity index (χ3v) is 4.86. The number of ether oxygens (including phenoxy) is 2. The van der Waals surface area contributed by atoms with Gasteiger partial charge in [0.15, 0.2) is 0 Å². The molecule has 0 aliphatic rings. The first-order chi connectivity index (χ1) is 13.1. The van der Waals surface area contributed by atoms with E-state index in [4.69, 9.17) is 20.2 Å². The molecule has 6 heteroatoms. The maximum absolute atomic E-state index is 10.5. The number of benzene rings is 2. The molecule has 0 unspecified atom stereocenters. The zero-order valence-corrected chi connectivity index (χ0v) is 15.5. The van der Waals surface area contributed by atoms with Crippen molar-refractivity contribution in [2.24, 2.45) is 0 Å². The van der Waals surface area contributed by atoms with Crippen molar-refractivity contribution in [1.82, 2.24) is 9.55 Å². The van der Waals surface area contributed by atoms with Gasteiger partial charge in [-0.2, -0.15) is 0 Å². The SMILES string of the molecule is CCn1cc2nc3c(-c4cc(OC)cc(OC)c4)cccc3c(N)c2c1O. The Bertz CT molecular complexity index is 1140. The Balaban J connectivity index is 2.06. The van der Waals surface area contributed by atoms with Crippen LogP contribution in [0.15, 0.2) is 42.6 Å². The number of fused-ring (bicyclic) bond motifs is 2. The number of nitrogens with zero attached hydrogens (tertiary/aromatic N) is 2. The lowest BCUT2D eigenvalue weighted by Crippen LogP contribution is -1.94. The van der Waals surface area contributed by atoms with E-state index in [9.17, 15) is 5.11 Å². The van der Waals surface area contributed by atoms with Crippen molar-refractivity contribution in [3.05, 3.63) is 42.6 Å². The topological polar surface area (TPSA) is 82.5 Å². The molecule has 4 aromatic rings. The number of pyridine rings is 1. The molecule has 0 aliphatic carbocycles. The van der Waals surface area contributed by atoms with Crippen molar-refractivity contribution in [3.63, 3.8) is 0 Å². The summed E-state index contributed by atoms with van der Waals surface area (Å²) in [5.74, 6) is 1.54. The molecule has 27 heavy (non-hydrogen) atoms. The molecule has 6 nitrogen and oxygen atoms in total. The number of aromatic nitrogens is 2. The van der Waals surface area contributed by atoms with Crippen LogP contribution in [0.5, 0.6) is 17.4 Å². The summed E-state index contributed by atoms with van der Waals surface area (Å²) in [4.78, 5) is 4.81. The molecule has 3 N–H and O–H groups in total. The Hall–Kier alpha value is -3.41. The van der Waals surface area contributed by atoms with Crippen LogP contribution in [0.4, 0.5) is 5.69 Å². The first kappa shape index (κ1) is 17.0. The van der Waals surface area contributed by atoms with Gasteiger partial charge in [0.25, 0.3) is 0 Å². The number of nitrogen functional groups attached to an aromatic ring is 1. The van der Waals surface area contributed by atoms with E-state index in [1.54, 1.807) is 18.8 Å². The van der Waals surface area contributed by atoms with E-state index in [2.05, 4.69) is 0 Å². The highest BCUT2D eigenvalue weighted by atomic mass is 16.5. The van der Waals surface area contributed by atoms with Crippen LogP contribution in [0, 0.1) is 0 Å². The Morgan fingerprint density at radius 2 is 1.81 bits per heavy atom. The Kier molecular flexibility index (Phi) is 4.03. The van der Waals surface area contributed by atoms with Gasteiger partial charge in [-0.25, -0.2) is 4.98 Å². The van der Waals surface area contributed by atoms with Gasteiger partial charge in [-0.05, 0) is 24.6 Å². The molecule has 0 atom stereocenters. The maximum Gasteiger partial charge on any atom is 0.202 e. The molecule has 0 saturated carbocycles. The number of hydrogen-bond donors (Lipinski definition) is 2. The molecule has 4 rings (SSSR count). The second-order valence-electron chi connectivity index (χ2n) is 6.33. The molecule has 0 aliphatic heterocycles. The number of anilines is 1. The Morgan fingerprint density at radius 3 is 2.44 bits per heavy atom. The normalized spacial score (nSPS) is 11.2. The highest BCUT2D eigenvalue weighted by Gasteiger charge is 2.17. The number of hydrogen-bond acceptors (Lipinski definition) is 5. The van der Waals surface area contributed by atoms with Gasteiger partial charge in [0.2, 0.25) is 5.88 Å². The van der Waals surface area contributed by atoms with Gasteiger partial charge in [0.1, 0.15) is 11.5 Å². The molecule has 138 valence electrons. The van der Waals surface area contributed by atoms with Crippen LogP contribution in [0.1, 0.15) is 6.92 Å². The van der Waals surface area contributed by atoms with Crippen molar-refractivity contribution in [3.8, 4) is 28.5 Å². The standard InChI is InChI=1S/C21H21N3O3/c1-4-24-11-17-18(21(24)25)19(22)16-7-5-6-15(20(16)23-17)12-8-13(26-2)10-14(9-12)27-3/h5-11,25H,4,22H2,1-3H3. The second-order valence-corrected chi connectivity index (χ2v) is 6.33. The van der Waals surface area contributed by atoms with E-state index >= 15 is 0 Å². The van der Waals surface area contributed by atoms with Gasteiger partial charge in [-0.15, -0.1) is 0 Å². The minimum absolute atomic E-state index is 0.146. The van der Waals surface area contributed by atoms with Crippen LogP contribution in [-0.4, -0.2) is 28.9 Å². The molecule has 0 bridgehead atoms. The lowest BCUT2D eigenvalue weighted by atomic mass is 10.00. The molecular formula is C21H21N3O3. The van der Waals surface area contributed by atoms with Gasteiger partial charge >= 0.3 is 0 Å². The summed E-state index contributed by atoms with van der Waals surface area (Å²) >= 11 is 0. The fraction of sp³-hybridized carbons (Fsp3) is 0.190. The quantitative estimate of drug-likeness (QED) is 0.568. The van der Waals surface area contributed by atoms with E-state index in [1.165, 1.54) is 0 Å². The first-order valence-corrected chi connectivity index (χ1v) is 8.70. The van der Waals surface area contributed by atoms with Crippen LogP contribution in [-0.2, 0) is 6.54 Å². The zero-order chi connectivity index (χ0) is 19.1. The van der Waals surface area contributed by atoms with Crippen LogP contribution in [0.25, 0.3) is 32.9 Å². The van der Waals surface area contributed by atoms with Gasteiger partial charge in [0, 0.05) is 29.8 Å². The third kappa shape index (κ3) is 2.61. The number of aromatic hydroxyl groups is 1. The summed E-state index contributed by atoms with van der Waals surface area (Å²) in [5, 5.41) is 11.8. The number of para-hydroxylation sites is 1. The fourth-order valence-electron chi connectivity index (χ4n) is 3.45. The monoisotopic (exact) mass is 363 g/mol. The average molecular weight is 363 g/mol. The molecule has 0 amide bonds. The van der Waals surface area contributed by atoms with Gasteiger partial charge in [0.05, 0.1) is 36.3 Å². The predicted molar refractivity (Wildman–Crippen MR) is 108 cm³/mol. The largest absolute Gasteiger partial charge is 0.497 e. The molecule has 2 heterocycles. The summed E-state index contributed by atoms with van der Waals surface area (Å²) < 4.78 is 12.5. The van der Waals surface area contributed by atoms with Crippen LogP contribution >= 0.6 is 0 Å². The Labute approximate surface area is 156 Å². The Morgan fingerprint density at radius 1 is 1.11 bits per heavy atom. The second kappa shape index (κ2) is 6.39. The van der Waals surface area contributed by atoms with E-state index in [0.717, 1.165) is 22.0 Å². The van der Waals surface area contributed by atoms with Gasteiger partial charge in [-0.3, -0.25) is 0 Å². The average Bonchev–Trinajstić information content (AvgIpc) is 3.03. The minimum atomic E-state index is 0.146. The van der Waals surface area contributed by atoms with Crippen molar-refractivity contribution in [2.75, 3.05) is 20.0 Å². The van der Waals surface area contributed by atoms with E-state index in [1.807, 2.05) is 49.5 Å². The molecular weight excluding hydrogens is 342 g/mol. The minimum Gasteiger partial charge on any atom is -0.497 e. The lowest BCUT2D eigenvalue weighted by Gasteiger charge is -2.12. The number of methoxy groups -OCH3 is 2. The highest BCUT2D eigenvalue weighted by molar-refractivity contribution is 6.12. The van der Waals surface area contributed by atoms with Crippen LogP contribution < -0.4 is 15.2 Å². The summed E-state index contributed by atoms with van der Waals surface area (Å²) in [5.41, 5.74) is 10.2. The summed E-state index contributed by atoms with van der Waals surface area (Å²) in [6.07, 6.45) is 1.82. The van der Waals surface area contributed by atoms with Crippen molar-refractivity contribution in [1.29, 1.82) is 0 Å². The molecule has 0 radical (unpaired) electrons. The number of aryl methyl sites for hydroxylation is 1. The number of nitrogens with two attached hydrogens (primary N) is 1. The fourth-order valence-corrected chi connectivity index (χ4v) is 3.45. The van der Waals surface area contributed by atoms with E-state index in [-0.39, 0.29) is 5.88 Å². The van der Waals surface area contributed by atoms with Crippen molar-refractivity contribution in [2.45, 2.75) is 13.5 Å². The zero-order valence-electron chi connectivity index (χ0n) is 15.5. The van der Waals surface area contributed by atoms with E-state index in [0.29, 0.717) is 34.6 Å². The first-order valence-electron chi connectivity index (χ1n) is 8.70. The van der Waals surface area contributed by atoms with Crippen molar-refractivity contribution < 1.29 is 14.6 Å². The van der Waals surface area contributed by atoms with Gasteiger partial charge < -0.3 is 24.9 Å². The molecule has 2 aromatic heterocycles. The molecule has 0 saturated heterocycles. The summed E-state index contributed by atoms with van der Waals surface area (Å²) in [6, 6.07) is 11.5. The highest BCUT2D eigenvalue weighted by Crippen LogP contribution is 2.40. The smallest absolute Gasteiger partial charge is 0.202 e.